The molecule has 0 aliphatic carbocycles. The SMILES string of the molecule is Cc1ccc2oc(C(=O)N3CCNC(C)(C)C3)cc2c1. The van der Waals surface area contributed by atoms with Crippen molar-refractivity contribution >= 4 is 16.9 Å². The summed E-state index contributed by atoms with van der Waals surface area (Å²) in [5.41, 5.74) is 1.89. The second-order valence-electron chi connectivity index (χ2n) is 6.19. The Kier molecular flexibility index (Phi) is 3.05. The Morgan fingerprint density at radius 3 is 2.90 bits per heavy atom. The van der Waals surface area contributed by atoms with Crippen molar-refractivity contribution in [3.63, 3.8) is 0 Å². The smallest absolute Gasteiger partial charge is 0.289 e. The molecule has 4 nitrogen and oxygen atoms in total. The Bertz CT molecular complexity index is 658. The summed E-state index contributed by atoms with van der Waals surface area (Å²) in [6, 6.07) is 7.80. The molecule has 3 rings (SSSR count). The summed E-state index contributed by atoms with van der Waals surface area (Å²) in [4.78, 5) is 14.4. The average molecular weight is 272 g/mol. The van der Waals surface area contributed by atoms with E-state index >= 15 is 0 Å². The van der Waals surface area contributed by atoms with Crippen LogP contribution in [0.1, 0.15) is 30.0 Å². The van der Waals surface area contributed by atoms with Crippen molar-refractivity contribution in [1.29, 1.82) is 0 Å². The van der Waals surface area contributed by atoms with Gasteiger partial charge in [-0.1, -0.05) is 11.6 Å². The van der Waals surface area contributed by atoms with Crippen LogP contribution in [0.5, 0.6) is 0 Å². The fourth-order valence-corrected chi connectivity index (χ4v) is 2.74. The Morgan fingerprint density at radius 1 is 1.35 bits per heavy atom. The van der Waals surface area contributed by atoms with Gasteiger partial charge in [0.05, 0.1) is 0 Å². The molecule has 1 saturated heterocycles. The lowest BCUT2D eigenvalue weighted by Gasteiger charge is -2.38. The van der Waals surface area contributed by atoms with E-state index in [2.05, 4.69) is 19.2 Å². The fourth-order valence-electron chi connectivity index (χ4n) is 2.74. The zero-order valence-electron chi connectivity index (χ0n) is 12.2. The first-order valence-electron chi connectivity index (χ1n) is 6.99. The maximum Gasteiger partial charge on any atom is 0.289 e. The average Bonchev–Trinajstić information content (AvgIpc) is 2.79. The molecule has 1 aliphatic heterocycles. The van der Waals surface area contributed by atoms with E-state index in [1.54, 1.807) is 0 Å². The van der Waals surface area contributed by atoms with Crippen LogP contribution in [-0.2, 0) is 0 Å². The number of nitrogens with zero attached hydrogens (tertiary/aromatic N) is 1. The highest BCUT2D eigenvalue weighted by Gasteiger charge is 2.30. The van der Waals surface area contributed by atoms with E-state index in [1.807, 2.05) is 36.1 Å². The first-order valence-corrected chi connectivity index (χ1v) is 6.99. The van der Waals surface area contributed by atoms with Gasteiger partial charge in [-0.25, -0.2) is 0 Å². The largest absolute Gasteiger partial charge is 0.451 e. The molecule has 106 valence electrons. The zero-order chi connectivity index (χ0) is 14.3. The Balaban J connectivity index is 1.88. The molecule has 0 saturated carbocycles. The third-order valence-corrected chi connectivity index (χ3v) is 3.74. The minimum Gasteiger partial charge on any atom is -0.451 e. The van der Waals surface area contributed by atoms with Gasteiger partial charge in [0, 0.05) is 30.6 Å². The number of furan rings is 1. The highest BCUT2D eigenvalue weighted by atomic mass is 16.3. The highest BCUT2D eigenvalue weighted by molar-refractivity contribution is 5.96. The molecule has 4 heteroatoms. The van der Waals surface area contributed by atoms with Gasteiger partial charge in [0.25, 0.3) is 5.91 Å². The molecule has 1 aromatic heterocycles. The molecule has 1 amide bonds. The summed E-state index contributed by atoms with van der Waals surface area (Å²) in [5, 5.41) is 4.39. The molecule has 1 fully saturated rings. The van der Waals surface area contributed by atoms with Gasteiger partial charge < -0.3 is 14.6 Å². The van der Waals surface area contributed by atoms with E-state index in [0.29, 0.717) is 12.3 Å². The van der Waals surface area contributed by atoms with Gasteiger partial charge in [0.1, 0.15) is 5.58 Å². The third-order valence-electron chi connectivity index (χ3n) is 3.74. The predicted molar refractivity (Wildman–Crippen MR) is 78.9 cm³/mol. The van der Waals surface area contributed by atoms with E-state index < -0.39 is 0 Å². The van der Waals surface area contributed by atoms with Crippen molar-refractivity contribution in [1.82, 2.24) is 10.2 Å². The van der Waals surface area contributed by atoms with Gasteiger partial charge in [-0.05, 0) is 39.0 Å². The molecule has 0 atom stereocenters. The maximum atomic E-state index is 12.5. The Labute approximate surface area is 118 Å². The van der Waals surface area contributed by atoms with Crippen LogP contribution >= 0.6 is 0 Å². The van der Waals surface area contributed by atoms with Crippen LogP contribution < -0.4 is 5.32 Å². The summed E-state index contributed by atoms with van der Waals surface area (Å²) in [6.07, 6.45) is 0. The topological polar surface area (TPSA) is 45.5 Å². The number of aryl methyl sites for hydroxylation is 1. The van der Waals surface area contributed by atoms with E-state index in [-0.39, 0.29) is 11.4 Å². The number of nitrogens with one attached hydrogen (secondary N) is 1. The van der Waals surface area contributed by atoms with Crippen LogP contribution in [0.4, 0.5) is 0 Å². The van der Waals surface area contributed by atoms with E-state index in [9.17, 15) is 4.79 Å². The van der Waals surface area contributed by atoms with Crippen LogP contribution in [0.2, 0.25) is 0 Å². The second kappa shape index (κ2) is 4.63. The summed E-state index contributed by atoms with van der Waals surface area (Å²) in [6.45, 7) is 8.48. The first kappa shape index (κ1) is 13.2. The minimum absolute atomic E-state index is 0.0200. The fraction of sp³-hybridized carbons (Fsp3) is 0.438. The predicted octanol–water partition coefficient (Wildman–Crippen LogP) is 2.57. The summed E-state index contributed by atoms with van der Waals surface area (Å²) in [5.74, 6) is 0.414. The van der Waals surface area contributed by atoms with Crippen molar-refractivity contribution in [2.75, 3.05) is 19.6 Å². The highest BCUT2D eigenvalue weighted by Crippen LogP contribution is 2.22. The Morgan fingerprint density at radius 2 is 2.15 bits per heavy atom. The van der Waals surface area contributed by atoms with Gasteiger partial charge in [-0.3, -0.25) is 4.79 Å². The number of rotatable bonds is 1. The number of hydrogen-bond acceptors (Lipinski definition) is 3. The monoisotopic (exact) mass is 272 g/mol. The number of carbonyl (C=O) groups excluding carboxylic acids is 1. The molecular weight excluding hydrogens is 252 g/mol. The summed E-state index contributed by atoms with van der Waals surface area (Å²) < 4.78 is 5.69. The van der Waals surface area contributed by atoms with Crippen molar-refractivity contribution in [3.05, 3.63) is 35.6 Å². The molecular formula is C16H20N2O2. The standard InChI is InChI=1S/C16H20N2O2/c1-11-4-5-13-12(8-11)9-14(20-13)15(19)18-7-6-17-16(2,3)10-18/h4-5,8-9,17H,6-7,10H2,1-3H3. The second-order valence-corrected chi connectivity index (χ2v) is 6.19. The number of piperazine rings is 1. The number of fused-ring (bicyclic) bond motifs is 1. The molecule has 2 heterocycles. The molecule has 2 aromatic rings. The molecule has 20 heavy (non-hydrogen) atoms. The molecule has 1 N–H and O–H groups in total. The van der Waals surface area contributed by atoms with Crippen LogP contribution in [0.15, 0.2) is 28.7 Å². The third kappa shape index (κ3) is 2.43. The molecule has 0 bridgehead atoms. The van der Waals surface area contributed by atoms with E-state index in [0.717, 1.165) is 24.1 Å². The number of carbonyl (C=O) groups is 1. The lowest BCUT2D eigenvalue weighted by Crippen LogP contribution is -2.58. The van der Waals surface area contributed by atoms with Gasteiger partial charge in [0.2, 0.25) is 0 Å². The van der Waals surface area contributed by atoms with Crippen LogP contribution in [0.3, 0.4) is 0 Å². The number of hydrogen-bond donors (Lipinski definition) is 1. The molecule has 0 unspecified atom stereocenters. The Hall–Kier alpha value is -1.81. The van der Waals surface area contributed by atoms with Crippen molar-refractivity contribution in [2.45, 2.75) is 26.3 Å². The molecule has 1 aromatic carbocycles. The summed E-state index contributed by atoms with van der Waals surface area (Å²) in [7, 11) is 0. The number of benzene rings is 1. The van der Waals surface area contributed by atoms with Crippen LogP contribution in [-0.4, -0.2) is 36.0 Å². The molecule has 0 spiro atoms. The zero-order valence-corrected chi connectivity index (χ0v) is 12.2. The lowest BCUT2D eigenvalue weighted by atomic mass is 10.0. The first-order chi connectivity index (χ1) is 9.44. The summed E-state index contributed by atoms with van der Waals surface area (Å²) >= 11 is 0. The van der Waals surface area contributed by atoms with Gasteiger partial charge in [-0.15, -0.1) is 0 Å². The van der Waals surface area contributed by atoms with Crippen molar-refractivity contribution in [2.24, 2.45) is 0 Å². The van der Waals surface area contributed by atoms with Crippen LogP contribution in [0, 0.1) is 6.92 Å². The lowest BCUT2D eigenvalue weighted by molar-refractivity contribution is 0.0623. The normalized spacial score (nSPS) is 18.4. The van der Waals surface area contributed by atoms with Gasteiger partial charge in [-0.2, -0.15) is 0 Å². The van der Waals surface area contributed by atoms with Crippen molar-refractivity contribution in [3.8, 4) is 0 Å². The van der Waals surface area contributed by atoms with Crippen molar-refractivity contribution < 1.29 is 9.21 Å². The maximum absolute atomic E-state index is 12.5. The molecule has 1 aliphatic rings. The minimum atomic E-state index is -0.0451. The van der Waals surface area contributed by atoms with Crippen LogP contribution in [0.25, 0.3) is 11.0 Å². The quantitative estimate of drug-likeness (QED) is 0.868. The van der Waals surface area contributed by atoms with Gasteiger partial charge in [0.15, 0.2) is 5.76 Å². The van der Waals surface area contributed by atoms with Gasteiger partial charge >= 0.3 is 0 Å². The van der Waals surface area contributed by atoms with E-state index in [1.165, 1.54) is 5.56 Å². The number of amides is 1. The van der Waals surface area contributed by atoms with E-state index in [4.69, 9.17) is 4.42 Å². The molecule has 0 radical (unpaired) electrons.